The van der Waals surface area contributed by atoms with E-state index in [0.717, 1.165) is 18.9 Å². The summed E-state index contributed by atoms with van der Waals surface area (Å²) in [6.45, 7) is 2.70. The molecular weight excluding hydrogens is 305 g/mol. The van der Waals surface area contributed by atoms with Gasteiger partial charge in [-0.05, 0) is 24.3 Å². The Kier molecular flexibility index (Phi) is 4.24. The van der Waals surface area contributed by atoms with Crippen LogP contribution in [-0.4, -0.2) is 37.0 Å². The highest BCUT2D eigenvalue weighted by Gasteiger charge is 2.27. The molecule has 0 aliphatic carbocycles. The smallest absolute Gasteiger partial charge is 0.274 e. The van der Waals surface area contributed by atoms with Gasteiger partial charge in [0.05, 0.1) is 29.9 Å². The number of carbonyl (C=O) groups is 1. The van der Waals surface area contributed by atoms with E-state index in [-0.39, 0.29) is 10.9 Å². The highest BCUT2D eigenvalue weighted by molar-refractivity contribution is 6.33. The van der Waals surface area contributed by atoms with Crippen molar-refractivity contribution in [2.24, 2.45) is 0 Å². The predicted octanol–water partition coefficient (Wildman–Crippen LogP) is 2.26. The monoisotopic (exact) mass is 320 g/mol. The average Bonchev–Trinajstić information content (AvgIpc) is 2.55. The lowest BCUT2D eigenvalue weighted by Crippen LogP contribution is -2.50. The first kappa shape index (κ1) is 14.8. The number of aromatic nitrogens is 1. The number of pyridine rings is 1. The Bertz CT molecular complexity index is 672. The molecule has 0 spiro atoms. The van der Waals surface area contributed by atoms with Crippen LogP contribution < -0.4 is 9.88 Å². The molecule has 0 radical (unpaired) electrons. The fraction of sp³-hybridized carbons (Fsp3) is 0.250. The molecule has 1 fully saturated rings. The Morgan fingerprint density at radius 1 is 1.14 bits per heavy atom. The molecule has 6 heteroatoms. The quantitative estimate of drug-likeness (QED) is 0.851. The molecule has 0 saturated carbocycles. The molecule has 2 heterocycles. The Labute approximate surface area is 133 Å². The van der Waals surface area contributed by atoms with Crippen molar-refractivity contribution in [3.05, 3.63) is 59.0 Å². The molecule has 1 N–H and O–H groups in total. The minimum atomic E-state index is -0.439. The van der Waals surface area contributed by atoms with Crippen LogP contribution in [-0.2, 0) is 0 Å². The summed E-state index contributed by atoms with van der Waals surface area (Å²) in [4.78, 5) is 19.6. The van der Waals surface area contributed by atoms with Crippen molar-refractivity contribution >= 4 is 23.3 Å². The lowest BCUT2D eigenvalue weighted by molar-refractivity contribution is -0.364. The number of anilines is 1. The fourth-order valence-corrected chi connectivity index (χ4v) is 2.81. The zero-order valence-electron chi connectivity index (χ0n) is 11.9. The lowest BCUT2D eigenvalue weighted by Gasteiger charge is -2.31. The molecule has 1 saturated heterocycles. The molecule has 1 aromatic heterocycles. The summed E-state index contributed by atoms with van der Waals surface area (Å²) < 4.78 is 13.1. The minimum absolute atomic E-state index is 0.151. The van der Waals surface area contributed by atoms with Crippen LogP contribution in [0, 0.1) is 5.82 Å². The van der Waals surface area contributed by atoms with Crippen molar-refractivity contribution in [3.63, 3.8) is 0 Å². The summed E-state index contributed by atoms with van der Waals surface area (Å²) in [5.41, 5.74) is 0.350. The minimum Gasteiger partial charge on any atom is -0.331 e. The number of amides is 1. The van der Waals surface area contributed by atoms with Gasteiger partial charge in [0.15, 0.2) is 0 Å². The van der Waals surface area contributed by atoms with Gasteiger partial charge in [-0.3, -0.25) is 9.69 Å². The topological polar surface area (TPSA) is 37.7 Å². The second kappa shape index (κ2) is 6.32. The van der Waals surface area contributed by atoms with E-state index >= 15 is 0 Å². The zero-order valence-corrected chi connectivity index (χ0v) is 12.7. The summed E-state index contributed by atoms with van der Waals surface area (Å²) in [7, 11) is 0. The maximum absolute atomic E-state index is 13.1. The van der Waals surface area contributed by atoms with E-state index in [1.165, 1.54) is 18.2 Å². The number of rotatable bonds is 2. The maximum Gasteiger partial charge on any atom is 0.274 e. The molecule has 1 amide bonds. The summed E-state index contributed by atoms with van der Waals surface area (Å²) in [6, 6.07) is 9.78. The van der Waals surface area contributed by atoms with Crippen molar-refractivity contribution in [2.45, 2.75) is 0 Å². The largest absolute Gasteiger partial charge is 0.331 e. The molecule has 114 valence electrons. The van der Waals surface area contributed by atoms with Gasteiger partial charge in [0.2, 0.25) is 0 Å². The van der Waals surface area contributed by atoms with E-state index in [1.807, 2.05) is 24.4 Å². The predicted molar refractivity (Wildman–Crippen MR) is 82.5 cm³/mol. The highest BCUT2D eigenvalue weighted by atomic mass is 35.5. The number of aromatic amines is 1. The summed E-state index contributed by atoms with van der Waals surface area (Å²) in [6.07, 6.45) is 1.88. The van der Waals surface area contributed by atoms with E-state index in [9.17, 15) is 9.18 Å². The van der Waals surface area contributed by atoms with Crippen LogP contribution in [0.5, 0.6) is 0 Å². The van der Waals surface area contributed by atoms with Crippen LogP contribution in [0.25, 0.3) is 0 Å². The Hall–Kier alpha value is -2.14. The van der Waals surface area contributed by atoms with Gasteiger partial charge in [0.1, 0.15) is 18.9 Å². The van der Waals surface area contributed by atoms with Crippen LogP contribution in [0.15, 0.2) is 42.6 Å². The number of carbonyl (C=O) groups excluding carboxylic acids is 1. The number of nitrogens with zero attached hydrogens (tertiary/aromatic N) is 2. The molecule has 22 heavy (non-hydrogen) atoms. The molecular formula is C16H16ClFN3O+. The molecule has 0 atom stereocenters. The normalized spacial score (nSPS) is 15.0. The molecule has 1 aromatic carbocycles. The lowest BCUT2D eigenvalue weighted by atomic mass is 10.1. The van der Waals surface area contributed by atoms with Gasteiger partial charge in [-0.1, -0.05) is 17.7 Å². The standard InChI is InChI=1S/C16H15ClFN3O/c17-14-11-12(18)4-5-13(14)16(22)21-9-7-20(8-10-21)15-3-1-2-6-19-15/h1-6,11H,7-10H2/p+1. The van der Waals surface area contributed by atoms with Gasteiger partial charge in [-0.15, -0.1) is 0 Å². The third-order valence-corrected chi connectivity index (χ3v) is 4.07. The third kappa shape index (κ3) is 3.04. The maximum atomic E-state index is 13.1. The van der Waals surface area contributed by atoms with Crippen molar-refractivity contribution in [1.29, 1.82) is 0 Å². The van der Waals surface area contributed by atoms with Crippen LogP contribution in [0.3, 0.4) is 0 Å². The second-order valence-electron chi connectivity index (χ2n) is 5.15. The van der Waals surface area contributed by atoms with Crippen LogP contribution in [0.1, 0.15) is 10.4 Å². The molecule has 2 aromatic rings. The zero-order chi connectivity index (χ0) is 15.5. The number of halogens is 2. The van der Waals surface area contributed by atoms with E-state index in [0.29, 0.717) is 18.7 Å². The summed E-state index contributed by atoms with van der Waals surface area (Å²) >= 11 is 5.97. The van der Waals surface area contributed by atoms with Gasteiger partial charge in [0, 0.05) is 6.07 Å². The van der Waals surface area contributed by atoms with Gasteiger partial charge in [-0.2, -0.15) is 0 Å². The highest BCUT2D eigenvalue weighted by Crippen LogP contribution is 2.20. The van der Waals surface area contributed by atoms with Crippen molar-refractivity contribution in [3.8, 4) is 0 Å². The van der Waals surface area contributed by atoms with Crippen LogP contribution in [0.4, 0.5) is 10.2 Å². The van der Waals surface area contributed by atoms with Crippen molar-refractivity contribution in [1.82, 2.24) is 4.90 Å². The summed E-state index contributed by atoms with van der Waals surface area (Å²) in [5.74, 6) is 0.446. The number of hydrogen-bond acceptors (Lipinski definition) is 2. The number of hydrogen-bond donors (Lipinski definition) is 0. The van der Waals surface area contributed by atoms with Gasteiger partial charge in [0.25, 0.3) is 11.7 Å². The second-order valence-corrected chi connectivity index (χ2v) is 5.56. The van der Waals surface area contributed by atoms with E-state index in [1.54, 1.807) is 4.90 Å². The van der Waals surface area contributed by atoms with E-state index in [2.05, 4.69) is 9.88 Å². The number of H-pyrrole nitrogens is 1. The molecule has 4 nitrogen and oxygen atoms in total. The first-order valence-electron chi connectivity index (χ1n) is 7.11. The van der Waals surface area contributed by atoms with Gasteiger partial charge >= 0.3 is 0 Å². The third-order valence-electron chi connectivity index (χ3n) is 3.76. The van der Waals surface area contributed by atoms with Gasteiger partial charge < -0.3 is 4.90 Å². The van der Waals surface area contributed by atoms with Crippen molar-refractivity contribution in [2.75, 3.05) is 31.1 Å². The molecule has 1 aliphatic rings. The number of piperazine rings is 1. The Balaban J connectivity index is 1.67. The number of nitrogens with one attached hydrogen (secondary N) is 1. The van der Waals surface area contributed by atoms with E-state index in [4.69, 9.17) is 11.6 Å². The Morgan fingerprint density at radius 3 is 2.55 bits per heavy atom. The van der Waals surface area contributed by atoms with Gasteiger partial charge in [-0.25, -0.2) is 9.37 Å². The number of benzene rings is 1. The molecule has 0 unspecified atom stereocenters. The van der Waals surface area contributed by atoms with E-state index < -0.39 is 5.82 Å². The molecule has 1 aliphatic heterocycles. The molecule has 0 bridgehead atoms. The SMILES string of the molecule is O=C(c1ccc(F)cc1Cl)N1CCN(c2cccc[nH+]2)CC1. The molecule has 3 rings (SSSR count). The first-order valence-corrected chi connectivity index (χ1v) is 7.49. The summed E-state index contributed by atoms with van der Waals surface area (Å²) in [5, 5.41) is 0.156. The van der Waals surface area contributed by atoms with Crippen molar-refractivity contribution < 1.29 is 14.2 Å². The first-order chi connectivity index (χ1) is 10.6. The van der Waals surface area contributed by atoms with Crippen LogP contribution in [0.2, 0.25) is 5.02 Å². The fourth-order valence-electron chi connectivity index (χ4n) is 2.56. The Morgan fingerprint density at radius 2 is 1.91 bits per heavy atom. The average molecular weight is 321 g/mol. The van der Waals surface area contributed by atoms with Crippen LogP contribution >= 0.6 is 11.6 Å².